The van der Waals surface area contributed by atoms with Gasteiger partial charge in [-0.25, -0.2) is 19.6 Å². The van der Waals surface area contributed by atoms with Gasteiger partial charge < -0.3 is 28.4 Å². The van der Waals surface area contributed by atoms with Crippen molar-refractivity contribution >= 4 is 11.9 Å². The number of esters is 2. The fourth-order valence-electron chi connectivity index (χ4n) is 3.99. The van der Waals surface area contributed by atoms with Gasteiger partial charge in [0.25, 0.3) is 0 Å². The molecule has 220 valence electrons. The Kier molecular flexibility index (Phi) is 14.5. The number of hydrogen-bond acceptors (Lipinski definition) is 12. The first-order valence-electron chi connectivity index (χ1n) is 13.4. The molecule has 0 atom stereocenters. The van der Waals surface area contributed by atoms with E-state index in [1.165, 1.54) is 14.2 Å². The van der Waals surface area contributed by atoms with Gasteiger partial charge in [0.15, 0.2) is 0 Å². The van der Waals surface area contributed by atoms with Gasteiger partial charge in [-0.2, -0.15) is 0 Å². The number of ether oxygens (including phenoxy) is 6. The van der Waals surface area contributed by atoms with Gasteiger partial charge in [0.2, 0.25) is 0 Å². The maximum atomic E-state index is 11.8. The smallest absolute Gasteiger partial charge is 0.356 e. The summed E-state index contributed by atoms with van der Waals surface area (Å²) in [4.78, 5) is 36.9. The van der Waals surface area contributed by atoms with E-state index in [-0.39, 0.29) is 11.4 Å². The molecule has 0 N–H and O–H groups in total. The van der Waals surface area contributed by atoms with Crippen LogP contribution in [0.25, 0.3) is 0 Å². The highest BCUT2D eigenvalue weighted by Gasteiger charge is 2.13. The van der Waals surface area contributed by atoms with E-state index in [1.807, 2.05) is 12.1 Å². The third-order valence-electron chi connectivity index (χ3n) is 6.13. The largest absolute Gasteiger partial charge is 0.464 e. The van der Waals surface area contributed by atoms with Gasteiger partial charge in [-0.05, 0) is 24.3 Å². The minimum Gasteiger partial charge on any atom is -0.464 e. The third-order valence-corrected chi connectivity index (χ3v) is 6.13. The molecule has 40 heavy (non-hydrogen) atoms. The molecular weight excluding hydrogens is 520 g/mol. The van der Waals surface area contributed by atoms with Crippen molar-refractivity contribution in [1.82, 2.24) is 19.8 Å². The molecule has 2 aromatic heterocycles. The van der Waals surface area contributed by atoms with Crippen LogP contribution < -0.4 is 0 Å². The van der Waals surface area contributed by atoms with E-state index in [0.29, 0.717) is 92.1 Å². The summed E-state index contributed by atoms with van der Waals surface area (Å²) in [6, 6.07) is 10.6. The summed E-state index contributed by atoms with van der Waals surface area (Å²) in [5.41, 5.74) is 2.11. The first-order chi connectivity index (χ1) is 19.6. The maximum absolute atomic E-state index is 11.8. The molecule has 12 heteroatoms. The zero-order chi connectivity index (χ0) is 28.4. The van der Waals surface area contributed by atoms with Crippen LogP contribution in [0.3, 0.4) is 0 Å². The molecule has 3 heterocycles. The Hall–Kier alpha value is -3.00. The van der Waals surface area contributed by atoms with Crippen molar-refractivity contribution in [1.29, 1.82) is 0 Å². The van der Waals surface area contributed by atoms with Crippen LogP contribution in [0.2, 0.25) is 0 Å². The van der Waals surface area contributed by atoms with Crippen molar-refractivity contribution < 1.29 is 38.0 Å². The van der Waals surface area contributed by atoms with Crippen LogP contribution in [0.15, 0.2) is 36.4 Å². The van der Waals surface area contributed by atoms with Crippen molar-refractivity contribution in [2.75, 3.05) is 93.3 Å². The first-order valence-corrected chi connectivity index (χ1v) is 13.4. The van der Waals surface area contributed by atoms with E-state index in [0.717, 1.165) is 11.4 Å². The molecule has 0 radical (unpaired) electrons. The van der Waals surface area contributed by atoms with Gasteiger partial charge in [0, 0.05) is 39.3 Å². The van der Waals surface area contributed by atoms with Crippen LogP contribution in [-0.2, 0) is 41.5 Å². The molecule has 0 saturated carbocycles. The molecule has 3 rings (SSSR count). The number of methoxy groups -OCH3 is 2. The molecule has 1 fully saturated rings. The Labute approximate surface area is 235 Å². The molecule has 1 saturated heterocycles. The minimum absolute atomic E-state index is 0.285. The molecule has 0 bridgehead atoms. The Morgan fingerprint density at radius 1 is 0.625 bits per heavy atom. The molecule has 1 aliphatic heterocycles. The highest BCUT2D eigenvalue weighted by atomic mass is 16.5. The summed E-state index contributed by atoms with van der Waals surface area (Å²) < 4.78 is 32.8. The second-order valence-electron chi connectivity index (χ2n) is 9.01. The highest BCUT2D eigenvalue weighted by Crippen LogP contribution is 2.07. The van der Waals surface area contributed by atoms with E-state index < -0.39 is 11.9 Å². The van der Waals surface area contributed by atoms with Crippen LogP contribution in [0.1, 0.15) is 32.4 Å². The van der Waals surface area contributed by atoms with Crippen LogP contribution >= 0.6 is 0 Å². The van der Waals surface area contributed by atoms with E-state index in [1.54, 1.807) is 24.3 Å². The number of nitrogens with zero attached hydrogens (tertiary/aromatic N) is 4. The van der Waals surface area contributed by atoms with E-state index in [4.69, 9.17) is 28.4 Å². The zero-order valence-corrected chi connectivity index (χ0v) is 23.4. The quantitative estimate of drug-likeness (QED) is 0.475. The Morgan fingerprint density at radius 3 is 1.30 bits per heavy atom. The minimum atomic E-state index is -0.458. The van der Waals surface area contributed by atoms with Crippen molar-refractivity contribution in [3.05, 3.63) is 59.2 Å². The number of hydrogen-bond donors (Lipinski definition) is 0. The normalized spacial score (nSPS) is 17.9. The number of rotatable bonds is 6. The number of carbonyl (C=O) groups excluding carboxylic acids is 2. The van der Waals surface area contributed by atoms with Gasteiger partial charge in [0.1, 0.15) is 11.4 Å². The fraction of sp³-hybridized carbons (Fsp3) is 0.571. The van der Waals surface area contributed by atoms with Crippen LogP contribution in [-0.4, -0.2) is 125 Å². The van der Waals surface area contributed by atoms with E-state index in [9.17, 15) is 9.59 Å². The topological polar surface area (TPSA) is 122 Å². The zero-order valence-electron chi connectivity index (χ0n) is 23.4. The second-order valence-corrected chi connectivity index (χ2v) is 9.01. The Morgan fingerprint density at radius 2 is 0.975 bits per heavy atom. The predicted octanol–water partition coefficient (Wildman–Crippen LogP) is 1.43. The second kappa shape index (κ2) is 18.4. The molecule has 2 aromatic rings. The first kappa shape index (κ1) is 31.5. The summed E-state index contributed by atoms with van der Waals surface area (Å²) in [6.45, 7) is 7.83. The predicted molar refractivity (Wildman–Crippen MR) is 145 cm³/mol. The van der Waals surface area contributed by atoms with Crippen molar-refractivity contribution in [3.8, 4) is 0 Å². The molecular formula is C28H40N4O8. The summed E-state index contributed by atoms with van der Waals surface area (Å²) in [5.74, 6) is -0.915. The van der Waals surface area contributed by atoms with Gasteiger partial charge in [-0.3, -0.25) is 9.80 Å². The van der Waals surface area contributed by atoms with Crippen LogP contribution in [0, 0.1) is 0 Å². The summed E-state index contributed by atoms with van der Waals surface area (Å²) in [5, 5.41) is 0. The lowest BCUT2D eigenvalue weighted by atomic mass is 10.3. The molecule has 0 amide bonds. The van der Waals surface area contributed by atoms with Crippen LogP contribution in [0.5, 0.6) is 0 Å². The molecule has 1 aliphatic rings. The number of aromatic nitrogens is 2. The molecule has 0 unspecified atom stereocenters. The van der Waals surface area contributed by atoms with Crippen molar-refractivity contribution in [3.63, 3.8) is 0 Å². The molecule has 0 aromatic carbocycles. The Balaban J connectivity index is 1.49. The fourth-order valence-corrected chi connectivity index (χ4v) is 3.99. The van der Waals surface area contributed by atoms with Crippen molar-refractivity contribution in [2.24, 2.45) is 0 Å². The van der Waals surface area contributed by atoms with Gasteiger partial charge in [-0.1, -0.05) is 12.1 Å². The summed E-state index contributed by atoms with van der Waals surface area (Å²) >= 11 is 0. The van der Waals surface area contributed by atoms with Gasteiger partial charge in [-0.15, -0.1) is 0 Å². The average molecular weight is 561 g/mol. The van der Waals surface area contributed by atoms with Crippen molar-refractivity contribution in [2.45, 2.75) is 13.1 Å². The van der Waals surface area contributed by atoms with Gasteiger partial charge in [0.05, 0.1) is 78.5 Å². The number of carbonyl (C=O) groups is 2. The summed E-state index contributed by atoms with van der Waals surface area (Å²) in [7, 11) is 2.68. The average Bonchev–Trinajstić information content (AvgIpc) is 2.98. The van der Waals surface area contributed by atoms with Gasteiger partial charge >= 0.3 is 11.9 Å². The standard InChI is InChI=1S/C28H40N4O8/c1-35-27(33)25-7-3-5-23(29-25)21-31-9-13-37-17-19-39-15-11-32(12-16-40-20-18-38-14-10-31)22-24-6-4-8-26(30-24)28(34)36-2/h3-8H,9-22H2,1-2H3. The summed E-state index contributed by atoms with van der Waals surface area (Å²) in [6.07, 6.45) is 0. The monoisotopic (exact) mass is 560 g/mol. The molecule has 0 spiro atoms. The van der Waals surface area contributed by atoms with E-state index >= 15 is 0 Å². The highest BCUT2D eigenvalue weighted by molar-refractivity contribution is 5.87. The third kappa shape index (κ3) is 11.6. The van der Waals surface area contributed by atoms with E-state index in [2.05, 4.69) is 19.8 Å². The molecule has 0 aliphatic carbocycles. The number of pyridine rings is 2. The van der Waals surface area contributed by atoms with Crippen LogP contribution in [0.4, 0.5) is 0 Å². The SMILES string of the molecule is COC(=O)c1cccc(CN2CCOCCOCCN(Cc3cccc(C(=O)OC)n3)CCOCCOCC2)n1. The Bertz CT molecular complexity index is 939. The maximum Gasteiger partial charge on any atom is 0.356 e. The lowest BCUT2D eigenvalue weighted by molar-refractivity contribution is 0.00597. The lowest BCUT2D eigenvalue weighted by Gasteiger charge is -2.23. The lowest BCUT2D eigenvalue weighted by Crippen LogP contribution is -2.33. The molecule has 12 nitrogen and oxygen atoms in total.